The fourth-order valence-electron chi connectivity index (χ4n) is 3.38. The van der Waals surface area contributed by atoms with Gasteiger partial charge in [-0.3, -0.25) is 9.10 Å². The minimum atomic E-state index is -3.83. The molecule has 0 spiro atoms. The molecule has 3 aromatic rings. The quantitative estimate of drug-likeness (QED) is 0.485. The lowest BCUT2D eigenvalue weighted by molar-refractivity contribution is -0.120. The molecule has 3 rings (SSSR count). The molecule has 1 N–H and O–H groups in total. The van der Waals surface area contributed by atoms with Crippen LogP contribution in [-0.2, 0) is 24.8 Å². The van der Waals surface area contributed by atoms with E-state index in [1.54, 1.807) is 0 Å². The molecule has 0 radical (unpaired) electrons. The van der Waals surface area contributed by atoms with Gasteiger partial charge in [-0.15, -0.1) is 0 Å². The van der Waals surface area contributed by atoms with E-state index < -0.39 is 38.5 Å². The van der Waals surface area contributed by atoms with Crippen LogP contribution in [0.4, 0.5) is 5.69 Å². The number of benzene rings is 3. The highest BCUT2D eigenvalue weighted by atomic mass is 32.2. The number of anilines is 1. The summed E-state index contributed by atoms with van der Waals surface area (Å²) in [7, 11) is -4.68. The van der Waals surface area contributed by atoms with Gasteiger partial charge in [0.05, 0.1) is 22.9 Å². The van der Waals surface area contributed by atoms with Crippen molar-refractivity contribution in [3.63, 3.8) is 0 Å². The summed E-state index contributed by atoms with van der Waals surface area (Å²) in [5, 5.41) is 2.92. The van der Waals surface area contributed by atoms with E-state index >= 15 is 0 Å². The molecular formula is C24H27N3O5S2. The molecular weight excluding hydrogens is 474 g/mol. The molecule has 0 aliphatic heterocycles. The standard InChI is InChI=1S/C24H27N3O5S2/c1-26(2)34(31,32)22-16-14-21(15-17-22)27(33(3,29)30)18-23(28)25-24(19-10-6-4-7-11-19)20-12-8-5-9-13-20/h4-17,24H,18H2,1-3H3,(H,25,28). The van der Waals surface area contributed by atoms with E-state index in [4.69, 9.17) is 0 Å². The highest BCUT2D eigenvalue weighted by molar-refractivity contribution is 7.92. The minimum absolute atomic E-state index is 0.0207. The number of carbonyl (C=O) groups excluding carboxylic acids is 1. The average molecular weight is 502 g/mol. The first-order chi connectivity index (χ1) is 16.0. The van der Waals surface area contributed by atoms with Crippen LogP contribution in [0.2, 0.25) is 0 Å². The zero-order valence-corrected chi connectivity index (χ0v) is 20.8. The Morgan fingerprint density at radius 2 is 1.26 bits per heavy atom. The van der Waals surface area contributed by atoms with E-state index in [9.17, 15) is 21.6 Å². The maximum Gasteiger partial charge on any atom is 0.242 e. The van der Waals surface area contributed by atoms with Crippen molar-refractivity contribution >= 4 is 31.6 Å². The Hall–Kier alpha value is -3.21. The zero-order chi connectivity index (χ0) is 24.9. The first kappa shape index (κ1) is 25.4. The van der Waals surface area contributed by atoms with E-state index in [1.165, 1.54) is 38.4 Å². The minimum Gasteiger partial charge on any atom is -0.344 e. The van der Waals surface area contributed by atoms with Gasteiger partial charge in [-0.1, -0.05) is 60.7 Å². The Morgan fingerprint density at radius 1 is 0.794 bits per heavy atom. The van der Waals surface area contributed by atoms with Crippen LogP contribution in [0.15, 0.2) is 89.8 Å². The fraction of sp³-hybridized carbons (Fsp3) is 0.208. The lowest BCUT2D eigenvalue weighted by atomic mass is 9.99. The monoisotopic (exact) mass is 501 g/mol. The molecule has 0 fully saturated rings. The van der Waals surface area contributed by atoms with E-state index in [1.807, 2.05) is 60.7 Å². The molecule has 3 aromatic carbocycles. The Balaban J connectivity index is 1.87. The molecule has 0 atom stereocenters. The SMILES string of the molecule is CN(C)S(=O)(=O)c1ccc(N(CC(=O)NC(c2ccccc2)c2ccccc2)S(C)(=O)=O)cc1. The van der Waals surface area contributed by atoms with Crippen molar-refractivity contribution < 1.29 is 21.6 Å². The number of nitrogens with one attached hydrogen (secondary N) is 1. The van der Waals surface area contributed by atoms with Gasteiger partial charge >= 0.3 is 0 Å². The van der Waals surface area contributed by atoms with E-state index in [0.29, 0.717) is 0 Å². The first-order valence-electron chi connectivity index (χ1n) is 10.4. The Bertz CT molecular complexity index is 1290. The number of sulfonamides is 2. The normalized spacial score (nSPS) is 12.0. The van der Waals surface area contributed by atoms with Gasteiger partial charge in [0.25, 0.3) is 0 Å². The van der Waals surface area contributed by atoms with Crippen LogP contribution in [-0.4, -0.2) is 53.9 Å². The summed E-state index contributed by atoms with van der Waals surface area (Å²) >= 11 is 0. The number of rotatable bonds is 9. The summed E-state index contributed by atoms with van der Waals surface area (Å²) in [6.45, 7) is -0.464. The Kier molecular flexibility index (Phi) is 7.75. The van der Waals surface area contributed by atoms with Crippen LogP contribution in [0.3, 0.4) is 0 Å². The molecule has 0 saturated heterocycles. The van der Waals surface area contributed by atoms with Crippen molar-refractivity contribution in [1.29, 1.82) is 0 Å². The summed E-state index contributed by atoms with van der Waals surface area (Å²) < 4.78 is 51.6. The predicted molar refractivity (Wildman–Crippen MR) is 132 cm³/mol. The summed E-state index contributed by atoms with van der Waals surface area (Å²) in [6, 6.07) is 23.7. The second-order valence-corrected chi connectivity index (χ2v) is 11.9. The van der Waals surface area contributed by atoms with Crippen LogP contribution in [0.5, 0.6) is 0 Å². The van der Waals surface area contributed by atoms with Crippen LogP contribution in [0, 0.1) is 0 Å². The molecule has 0 unspecified atom stereocenters. The molecule has 34 heavy (non-hydrogen) atoms. The summed E-state index contributed by atoms with van der Waals surface area (Å²) in [5.41, 5.74) is 1.89. The van der Waals surface area contributed by atoms with Crippen molar-refractivity contribution in [2.24, 2.45) is 0 Å². The van der Waals surface area contributed by atoms with Gasteiger partial charge in [-0.2, -0.15) is 0 Å². The molecule has 0 aliphatic rings. The lowest BCUT2D eigenvalue weighted by Gasteiger charge is -2.25. The smallest absolute Gasteiger partial charge is 0.242 e. The van der Waals surface area contributed by atoms with Crippen molar-refractivity contribution in [3.8, 4) is 0 Å². The van der Waals surface area contributed by atoms with E-state index in [2.05, 4.69) is 5.32 Å². The van der Waals surface area contributed by atoms with Gasteiger partial charge in [-0.05, 0) is 35.4 Å². The van der Waals surface area contributed by atoms with Gasteiger partial charge in [0.1, 0.15) is 6.54 Å². The van der Waals surface area contributed by atoms with Crippen molar-refractivity contribution in [2.45, 2.75) is 10.9 Å². The number of carbonyl (C=O) groups is 1. The third kappa shape index (κ3) is 6.02. The van der Waals surface area contributed by atoms with Gasteiger partial charge in [-0.25, -0.2) is 21.1 Å². The number of hydrogen-bond donors (Lipinski definition) is 1. The topological polar surface area (TPSA) is 104 Å². The van der Waals surface area contributed by atoms with Gasteiger partial charge in [0.15, 0.2) is 0 Å². The first-order valence-corrected chi connectivity index (χ1v) is 13.7. The van der Waals surface area contributed by atoms with Crippen molar-refractivity contribution in [3.05, 3.63) is 96.1 Å². The predicted octanol–water partition coefficient (Wildman–Crippen LogP) is 2.61. The summed E-state index contributed by atoms with van der Waals surface area (Å²) in [6.07, 6.45) is 0.997. The molecule has 10 heteroatoms. The average Bonchev–Trinajstić information content (AvgIpc) is 2.81. The van der Waals surface area contributed by atoms with Crippen LogP contribution < -0.4 is 9.62 Å². The van der Waals surface area contributed by atoms with Crippen LogP contribution in [0.1, 0.15) is 17.2 Å². The highest BCUT2D eigenvalue weighted by Crippen LogP contribution is 2.24. The van der Waals surface area contributed by atoms with E-state index in [0.717, 1.165) is 26.0 Å². The number of hydrogen-bond acceptors (Lipinski definition) is 5. The maximum atomic E-state index is 13.0. The summed E-state index contributed by atoms with van der Waals surface area (Å²) in [5.74, 6) is -0.506. The second kappa shape index (κ2) is 10.4. The second-order valence-electron chi connectivity index (χ2n) is 7.87. The molecule has 0 aliphatic carbocycles. The number of amides is 1. The van der Waals surface area contributed by atoms with Gasteiger partial charge in [0.2, 0.25) is 26.0 Å². The van der Waals surface area contributed by atoms with Gasteiger partial charge < -0.3 is 5.32 Å². The lowest BCUT2D eigenvalue weighted by Crippen LogP contribution is -2.41. The van der Waals surface area contributed by atoms with Crippen LogP contribution in [0.25, 0.3) is 0 Å². The molecule has 0 heterocycles. The molecule has 180 valence electrons. The molecule has 0 bridgehead atoms. The Morgan fingerprint density at radius 3 is 1.68 bits per heavy atom. The molecule has 8 nitrogen and oxygen atoms in total. The highest BCUT2D eigenvalue weighted by Gasteiger charge is 2.25. The Labute approximate surface area is 200 Å². The molecule has 1 amide bonds. The van der Waals surface area contributed by atoms with E-state index in [-0.39, 0.29) is 10.6 Å². The van der Waals surface area contributed by atoms with Crippen molar-refractivity contribution in [1.82, 2.24) is 9.62 Å². The van der Waals surface area contributed by atoms with Crippen molar-refractivity contribution in [2.75, 3.05) is 31.2 Å². The molecule has 0 saturated carbocycles. The number of nitrogens with zero attached hydrogens (tertiary/aromatic N) is 2. The van der Waals surface area contributed by atoms with Crippen LogP contribution >= 0.6 is 0 Å². The third-order valence-corrected chi connectivity index (χ3v) is 8.13. The largest absolute Gasteiger partial charge is 0.344 e. The summed E-state index contributed by atoms with van der Waals surface area (Å²) in [4.78, 5) is 13.0. The fourth-order valence-corrected chi connectivity index (χ4v) is 5.14. The third-order valence-electron chi connectivity index (χ3n) is 5.16. The zero-order valence-electron chi connectivity index (χ0n) is 19.1. The van der Waals surface area contributed by atoms with Gasteiger partial charge in [0, 0.05) is 14.1 Å². The maximum absolute atomic E-state index is 13.0. The molecule has 0 aromatic heterocycles.